The Labute approximate surface area is 225 Å². The second-order valence-electron chi connectivity index (χ2n) is 9.53. The molecule has 2 aromatic carbocycles. The molecule has 0 radical (unpaired) electrons. The zero-order valence-electron chi connectivity index (χ0n) is 22.0. The molecule has 1 aliphatic heterocycles. The van der Waals surface area contributed by atoms with Crippen molar-refractivity contribution in [3.05, 3.63) is 83.2 Å². The van der Waals surface area contributed by atoms with E-state index in [1.807, 2.05) is 12.1 Å². The fourth-order valence-corrected chi connectivity index (χ4v) is 4.70. The summed E-state index contributed by atoms with van der Waals surface area (Å²) in [5.74, 6) is 3.22. The maximum Gasteiger partial charge on any atom is 0.325 e. The van der Waals surface area contributed by atoms with Crippen LogP contribution < -0.4 is 4.90 Å². The van der Waals surface area contributed by atoms with Crippen LogP contribution in [0.1, 0.15) is 30.2 Å². The van der Waals surface area contributed by atoms with E-state index in [2.05, 4.69) is 16.9 Å². The van der Waals surface area contributed by atoms with Crippen molar-refractivity contribution in [3.8, 4) is 11.8 Å². The normalized spacial score (nSPS) is 17.0. The summed E-state index contributed by atoms with van der Waals surface area (Å²) >= 11 is 0. The Kier molecular flexibility index (Phi) is 8.10. The number of aldehydes is 1. The summed E-state index contributed by atoms with van der Waals surface area (Å²) in [7, 11) is 3.04. The molecule has 1 fully saturated rings. The number of anilines is 1. The average Bonchev–Trinajstić information content (AvgIpc) is 3.33. The zero-order valence-corrected chi connectivity index (χ0v) is 22.0. The van der Waals surface area contributed by atoms with Gasteiger partial charge >= 0.3 is 6.03 Å². The van der Waals surface area contributed by atoms with Gasteiger partial charge in [0.2, 0.25) is 5.91 Å². The van der Waals surface area contributed by atoms with E-state index in [1.165, 1.54) is 18.9 Å². The van der Waals surface area contributed by atoms with Crippen molar-refractivity contribution in [2.75, 3.05) is 31.6 Å². The predicted octanol–water partition coefficient (Wildman–Crippen LogP) is 3.39. The van der Waals surface area contributed by atoms with Gasteiger partial charge < -0.3 is 14.6 Å². The van der Waals surface area contributed by atoms with Crippen molar-refractivity contribution < 1.29 is 23.2 Å². The molecule has 1 aliphatic rings. The molecular formula is C29H29F2N5O3. The Morgan fingerprint density at radius 3 is 2.38 bits per heavy atom. The monoisotopic (exact) mass is 533 g/mol. The van der Waals surface area contributed by atoms with Crippen LogP contribution in [0, 0.1) is 23.5 Å². The summed E-state index contributed by atoms with van der Waals surface area (Å²) in [4.78, 5) is 42.2. The van der Waals surface area contributed by atoms with Crippen LogP contribution in [-0.4, -0.2) is 70.0 Å². The van der Waals surface area contributed by atoms with Crippen LogP contribution in [0.4, 0.5) is 19.3 Å². The number of urea groups is 1. The molecule has 10 heteroatoms. The highest BCUT2D eigenvalue weighted by molar-refractivity contribution is 5.99. The number of halogens is 2. The number of carbonyl (C=O) groups excluding carboxylic acids is 3. The number of nitrogens with zero attached hydrogens (tertiary/aromatic N) is 5. The molecule has 4 rings (SSSR count). The van der Waals surface area contributed by atoms with Crippen LogP contribution >= 0.6 is 0 Å². The van der Waals surface area contributed by atoms with Gasteiger partial charge in [-0.2, -0.15) is 5.10 Å². The third-order valence-electron chi connectivity index (χ3n) is 6.97. The number of amides is 3. The van der Waals surface area contributed by atoms with E-state index in [-0.39, 0.29) is 25.1 Å². The predicted molar refractivity (Wildman–Crippen MR) is 142 cm³/mol. The lowest BCUT2D eigenvalue weighted by Gasteiger charge is -2.48. The topological polar surface area (TPSA) is 78.8 Å². The van der Waals surface area contributed by atoms with Gasteiger partial charge in [0.05, 0.1) is 0 Å². The van der Waals surface area contributed by atoms with Crippen molar-refractivity contribution in [3.63, 3.8) is 0 Å². The first-order chi connectivity index (χ1) is 18.7. The molecule has 1 aromatic heterocycles. The Morgan fingerprint density at radius 2 is 1.77 bits per heavy atom. The van der Waals surface area contributed by atoms with E-state index in [0.29, 0.717) is 24.8 Å². The van der Waals surface area contributed by atoms with Gasteiger partial charge in [0.15, 0.2) is 11.6 Å². The molecule has 202 valence electrons. The second kappa shape index (κ2) is 11.5. The highest BCUT2D eigenvalue weighted by Crippen LogP contribution is 2.31. The quantitative estimate of drug-likeness (QED) is 0.360. The van der Waals surface area contributed by atoms with Crippen LogP contribution in [0.3, 0.4) is 0 Å². The van der Waals surface area contributed by atoms with Crippen LogP contribution in [0.25, 0.3) is 0 Å². The minimum atomic E-state index is -1.51. The molecule has 0 N–H and O–H groups in total. The number of benzene rings is 2. The zero-order chi connectivity index (χ0) is 28.2. The summed E-state index contributed by atoms with van der Waals surface area (Å²) in [6, 6.07) is 12.2. The minimum Gasteiger partial charge on any atom is -0.338 e. The summed E-state index contributed by atoms with van der Waals surface area (Å²) in [5.41, 5.74) is -0.341. The summed E-state index contributed by atoms with van der Waals surface area (Å²) in [5, 5.41) is 4.12. The maximum absolute atomic E-state index is 15.1. The molecule has 0 saturated carbocycles. The Bertz CT molecular complexity index is 1420. The van der Waals surface area contributed by atoms with Gasteiger partial charge in [-0.3, -0.25) is 14.4 Å². The molecule has 8 nitrogen and oxygen atoms in total. The fraction of sp³-hybridized carbons (Fsp3) is 0.310. The number of piperazine rings is 1. The number of hydrogen-bond acceptors (Lipinski definition) is 4. The van der Waals surface area contributed by atoms with E-state index >= 15 is 8.78 Å². The third-order valence-corrected chi connectivity index (χ3v) is 6.97. The summed E-state index contributed by atoms with van der Waals surface area (Å²) < 4.78 is 31.9. The van der Waals surface area contributed by atoms with Crippen molar-refractivity contribution in [2.45, 2.75) is 25.3 Å². The standard InChI is InChI=1S/C29H29F2N5O3/c1-29(13-18-37)27(38)35(15-12-23-11-14-32-34(23)3)16-17-36(29)28(39)33(2)26-24(30)19-22(20-25(26)31)10-9-21-7-5-4-6-8-21/h4-8,11,14,18-20H,12-13,15-17H2,1-3H3. The van der Waals surface area contributed by atoms with Crippen LogP contribution in [0.5, 0.6) is 0 Å². The van der Waals surface area contributed by atoms with E-state index in [1.54, 1.807) is 47.1 Å². The van der Waals surface area contributed by atoms with Gasteiger partial charge in [-0.25, -0.2) is 13.6 Å². The minimum absolute atomic E-state index is 0.0918. The lowest BCUT2D eigenvalue weighted by Crippen LogP contribution is -2.68. The summed E-state index contributed by atoms with van der Waals surface area (Å²) in [6.45, 7) is 2.18. The van der Waals surface area contributed by atoms with E-state index < -0.39 is 34.8 Å². The average molecular weight is 534 g/mol. The first-order valence-electron chi connectivity index (χ1n) is 12.5. The van der Waals surface area contributed by atoms with Crippen LogP contribution in [-0.2, 0) is 23.1 Å². The second-order valence-corrected chi connectivity index (χ2v) is 9.53. The lowest BCUT2D eigenvalue weighted by molar-refractivity contribution is -0.148. The third kappa shape index (κ3) is 5.67. The van der Waals surface area contributed by atoms with E-state index in [4.69, 9.17) is 0 Å². The molecule has 3 amide bonds. The van der Waals surface area contributed by atoms with Gasteiger partial charge in [-0.15, -0.1) is 0 Å². The van der Waals surface area contributed by atoms with Crippen molar-refractivity contribution in [1.82, 2.24) is 19.6 Å². The Morgan fingerprint density at radius 1 is 1.10 bits per heavy atom. The first kappa shape index (κ1) is 27.5. The fourth-order valence-electron chi connectivity index (χ4n) is 4.70. The maximum atomic E-state index is 15.1. The molecular weight excluding hydrogens is 504 g/mol. The number of hydrogen-bond donors (Lipinski definition) is 0. The smallest absolute Gasteiger partial charge is 0.325 e. The molecule has 1 unspecified atom stereocenters. The van der Waals surface area contributed by atoms with Crippen LogP contribution in [0.15, 0.2) is 54.7 Å². The van der Waals surface area contributed by atoms with Crippen molar-refractivity contribution >= 4 is 23.9 Å². The molecule has 0 bridgehead atoms. The van der Waals surface area contributed by atoms with Gasteiger partial charge in [0.25, 0.3) is 0 Å². The number of aromatic nitrogens is 2. The Balaban J connectivity index is 1.54. The van der Waals surface area contributed by atoms with Gasteiger partial charge in [0, 0.05) is 69.6 Å². The molecule has 1 atom stereocenters. The number of aryl methyl sites for hydroxylation is 1. The molecule has 2 heterocycles. The van der Waals surface area contributed by atoms with Crippen LogP contribution in [0.2, 0.25) is 0 Å². The number of rotatable bonds is 6. The van der Waals surface area contributed by atoms with E-state index in [0.717, 1.165) is 22.7 Å². The lowest BCUT2D eigenvalue weighted by atomic mass is 9.91. The molecule has 0 aliphatic carbocycles. The molecule has 39 heavy (non-hydrogen) atoms. The highest BCUT2D eigenvalue weighted by Gasteiger charge is 2.48. The van der Waals surface area contributed by atoms with Gasteiger partial charge in [-0.05, 0) is 37.3 Å². The van der Waals surface area contributed by atoms with Crippen molar-refractivity contribution in [2.24, 2.45) is 7.05 Å². The van der Waals surface area contributed by atoms with Gasteiger partial charge in [-0.1, -0.05) is 30.0 Å². The largest absolute Gasteiger partial charge is 0.338 e. The first-order valence-corrected chi connectivity index (χ1v) is 12.5. The SMILES string of the molecule is CN(C(=O)N1CCN(CCc2ccnn2C)C(=O)C1(C)CC=O)c1c(F)cc(C#Cc2ccccc2)cc1F. The highest BCUT2D eigenvalue weighted by atomic mass is 19.1. The van der Waals surface area contributed by atoms with Gasteiger partial charge in [0.1, 0.15) is 17.5 Å². The molecule has 1 saturated heterocycles. The number of carbonyl (C=O) groups is 3. The van der Waals surface area contributed by atoms with Crippen molar-refractivity contribution in [1.29, 1.82) is 0 Å². The molecule has 0 spiro atoms. The summed E-state index contributed by atoms with van der Waals surface area (Å²) in [6.07, 6.45) is 2.53. The van der Waals surface area contributed by atoms with E-state index in [9.17, 15) is 14.4 Å². The molecule has 3 aromatic rings. The Hall–Kier alpha value is -4.52.